The molecule has 100 valence electrons. The molecule has 0 aromatic carbocycles. The summed E-state index contributed by atoms with van der Waals surface area (Å²) in [4.78, 5) is 25.2. The first kappa shape index (κ1) is 12.8. The number of hydrogen-bond acceptors (Lipinski definition) is 5. The van der Waals surface area contributed by atoms with E-state index in [1.807, 2.05) is 0 Å². The molecule has 7 nitrogen and oxygen atoms in total. The quantitative estimate of drug-likeness (QED) is 0.765. The van der Waals surface area contributed by atoms with Gasteiger partial charge in [-0.05, 0) is 19.3 Å². The predicted octanol–water partition coefficient (Wildman–Crippen LogP) is -0.395. The van der Waals surface area contributed by atoms with Gasteiger partial charge in [0.25, 0.3) is 5.56 Å². The maximum atomic E-state index is 11.7. The third-order valence-corrected chi connectivity index (χ3v) is 3.00. The summed E-state index contributed by atoms with van der Waals surface area (Å²) in [5, 5.41) is 8.84. The molecule has 18 heavy (non-hydrogen) atoms. The highest BCUT2D eigenvalue weighted by Gasteiger charge is 2.27. The van der Waals surface area contributed by atoms with Gasteiger partial charge in [-0.15, -0.1) is 0 Å². The number of rotatable bonds is 4. The van der Waals surface area contributed by atoms with E-state index in [1.54, 1.807) is 0 Å². The molecule has 0 bridgehead atoms. The molecular formula is C11H16N2O5. The number of nitrogens with zero attached hydrogens (tertiary/aromatic N) is 1. The summed E-state index contributed by atoms with van der Waals surface area (Å²) < 4.78 is 11.8. The van der Waals surface area contributed by atoms with Gasteiger partial charge in [-0.25, -0.2) is 4.79 Å². The Bertz CT molecular complexity index is 521. The Labute approximate surface area is 103 Å². The van der Waals surface area contributed by atoms with Crippen molar-refractivity contribution in [1.29, 1.82) is 0 Å². The summed E-state index contributed by atoms with van der Waals surface area (Å²) in [7, 11) is 1.36. The highest BCUT2D eigenvalue weighted by atomic mass is 16.5. The van der Waals surface area contributed by atoms with Gasteiger partial charge in [0.2, 0.25) is 5.75 Å². The van der Waals surface area contributed by atoms with Gasteiger partial charge in [-0.3, -0.25) is 14.3 Å². The minimum atomic E-state index is -0.552. The number of aromatic amines is 1. The van der Waals surface area contributed by atoms with Crippen LogP contribution in [-0.4, -0.2) is 34.5 Å². The standard InChI is InChI=1S/C11H16N2O5/c1-17-8-6-13(11(16)12-10(8)15)9-3-2-7(18-9)4-5-14/h6-7,9,14H,2-5H2,1H3,(H,12,15,16)/t7-,9?/m0/s1. The highest BCUT2D eigenvalue weighted by molar-refractivity contribution is 5.12. The zero-order valence-electron chi connectivity index (χ0n) is 10.1. The molecule has 0 saturated carbocycles. The van der Waals surface area contributed by atoms with Crippen LogP contribution < -0.4 is 16.0 Å². The summed E-state index contributed by atoms with van der Waals surface area (Å²) in [5.41, 5.74) is -1.07. The Morgan fingerprint density at radius 3 is 3.00 bits per heavy atom. The lowest BCUT2D eigenvalue weighted by atomic mass is 10.2. The fourth-order valence-electron chi connectivity index (χ4n) is 2.07. The Morgan fingerprint density at radius 2 is 2.33 bits per heavy atom. The average molecular weight is 256 g/mol. The monoisotopic (exact) mass is 256 g/mol. The van der Waals surface area contributed by atoms with E-state index in [-0.39, 0.29) is 18.5 Å². The van der Waals surface area contributed by atoms with Crippen LogP contribution in [0.2, 0.25) is 0 Å². The molecule has 1 aliphatic heterocycles. The summed E-state index contributed by atoms with van der Waals surface area (Å²) in [6.45, 7) is 0.0568. The van der Waals surface area contributed by atoms with E-state index in [0.29, 0.717) is 12.8 Å². The van der Waals surface area contributed by atoms with Crippen molar-refractivity contribution >= 4 is 0 Å². The second kappa shape index (κ2) is 5.36. The Morgan fingerprint density at radius 1 is 1.56 bits per heavy atom. The van der Waals surface area contributed by atoms with E-state index < -0.39 is 17.5 Å². The highest BCUT2D eigenvalue weighted by Crippen LogP contribution is 2.28. The van der Waals surface area contributed by atoms with Crippen molar-refractivity contribution in [2.45, 2.75) is 31.6 Å². The molecule has 1 aromatic heterocycles. The van der Waals surface area contributed by atoms with Gasteiger partial charge in [0, 0.05) is 6.61 Å². The van der Waals surface area contributed by atoms with Crippen LogP contribution in [0.15, 0.2) is 15.8 Å². The number of aromatic nitrogens is 2. The zero-order chi connectivity index (χ0) is 13.1. The topological polar surface area (TPSA) is 93.6 Å². The molecule has 2 rings (SSSR count). The molecule has 0 radical (unpaired) electrons. The molecule has 1 saturated heterocycles. The van der Waals surface area contributed by atoms with Gasteiger partial charge >= 0.3 is 5.69 Å². The molecule has 0 spiro atoms. The lowest BCUT2D eigenvalue weighted by Gasteiger charge is -2.15. The number of aliphatic hydroxyl groups excluding tert-OH is 1. The maximum absolute atomic E-state index is 11.7. The Balaban J connectivity index is 2.24. The van der Waals surface area contributed by atoms with E-state index >= 15 is 0 Å². The van der Waals surface area contributed by atoms with Gasteiger partial charge in [0.1, 0.15) is 6.23 Å². The van der Waals surface area contributed by atoms with Gasteiger partial charge in [0.05, 0.1) is 19.4 Å². The number of hydrogen-bond donors (Lipinski definition) is 2. The Kier molecular flexibility index (Phi) is 3.83. The smallest absolute Gasteiger partial charge is 0.330 e. The van der Waals surface area contributed by atoms with Crippen LogP contribution >= 0.6 is 0 Å². The van der Waals surface area contributed by atoms with Crippen molar-refractivity contribution in [3.05, 3.63) is 27.0 Å². The molecule has 2 heterocycles. The first-order chi connectivity index (χ1) is 8.65. The minimum Gasteiger partial charge on any atom is -0.490 e. The molecule has 0 aliphatic carbocycles. The van der Waals surface area contributed by atoms with Gasteiger partial charge in [-0.2, -0.15) is 0 Å². The van der Waals surface area contributed by atoms with E-state index in [2.05, 4.69) is 4.98 Å². The minimum absolute atomic E-state index is 0.0511. The van der Waals surface area contributed by atoms with Gasteiger partial charge in [-0.1, -0.05) is 0 Å². The first-order valence-corrected chi connectivity index (χ1v) is 5.81. The van der Waals surface area contributed by atoms with Crippen LogP contribution in [0.4, 0.5) is 0 Å². The van der Waals surface area contributed by atoms with Crippen LogP contribution in [0.1, 0.15) is 25.5 Å². The molecule has 2 atom stereocenters. The Hall–Kier alpha value is -1.60. The summed E-state index contributed by atoms with van der Waals surface area (Å²) >= 11 is 0. The molecule has 0 amide bonds. The number of methoxy groups -OCH3 is 1. The van der Waals surface area contributed by atoms with Crippen molar-refractivity contribution in [3.63, 3.8) is 0 Å². The van der Waals surface area contributed by atoms with Crippen molar-refractivity contribution in [3.8, 4) is 5.75 Å². The van der Waals surface area contributed by atoms with Crippen LogP contribution in [0.25, 0.3) is 0 Å². The lowest BCUT2D eigenvalue weighted by molar-refractivity contribution is -0.0106. The third-order valence-electron chi connectivity index (χ3n) is 3.00. The fourth-order valence-corrected chi connectivity index (χ4v) is 2.07. The molecule has 1 fully saturated rings. The zero-order valence-corrected chi connectivity index (χ0v) is 10.1. The molecule has 1 aliphatic rings. The summed E-state index contributed by atoms with van der Waals surface area (Å²) in [5.74, 6) is 0.0730. The van der Waals surface area contributed by atoms with E-state index in [0.717, 1.165) is 6.42 Å². The van der Waals surface area contributed by atoms with E-state index in [9.17, 15) is 9.59 Å². The van der Waals surface area contributed by atoms with Gasteiger partial charge in [0.15, 0.2) is 0 Å². The van der Waals surface area contributed by atoms with Crippen molar-refractivity contribution in [2.75, 3.05) is 13.7 Å². The lowest BCUT2D eigenvalue weighted by Crippen LogP contribution is -2.32. The van der Waals surface area contributed by atoms with Crippen molar-refractivity contribution < 1.29 is 14.6 Å². The van der Waals surface area contributed by atoms with Crippen molar-refractivity contribution in [2.24, 2.45) is 0 Å². The average Bonchev–Trinajstić information content (AvgIpc) is 2.78. The number of ether oxygens (including phenoxy) is 2. The molecule has 1 unspecified atom stereocenters. The number of aliphatic hydroxyl groups is 1. The van der Waals surface area contributed by atoms with Crippen LogP contribution in [0, 0.1) is 0 Å². The fraction of sp³-hybridized carbons (Fsp3) is 0.636. The second-order valence-corrected chi connectivity index (χ2v) is 4.17. The number of nitrogens with one attached hydrogen (secondary N) is 1. The summed E-state index contributed by atoms with van der Waals surface area (Å²) in [6.07, 6.45) is 2.88. The normalized spacial score (nSPS) is 23.2. The van der Waals surface area contributed by atoms with Crippen LogP contribution in [0.3, 0.4) is 0 Å². The van der Waals surface area contributed by atoms with Crippen LogP contribution in [0.5, 0.6) is 5.75 Å². The SMILES string of the molecule is COc1cn(C2CC[C@@H](CCO)O2)c(=O)[nH]c1=O. The van der Waals surface area contributed by atoms with E-state index in [4.69, 9.17) is 14.6 Å². The van der Waals surface area contributed by atoms with Gasteiger partial charge < -0.3 is 14.6 Å². The molecule has 2 N–H and O–H groups in total. The first-order valence-electron chi connectivity index (χ1n) is 5.81. The molecule has 7 heteroatoms. The molecule has 1 aromatic rings. The second-order valence-electron chi connectivity index (χ2n) is 4.17. The predicted molar refractivity (Wildman–Crippen MR) is 62.7 cm³/mol. The largest absolute Gasteiger partial charge is 0.490 e. The van der Waals surface area contributed by atoms with Crippen LogP contribution in [-0.2, 0) is 4.74 Å². The van der Waals surface area contributed by atoms with E-state index in [1.165, 1.54) is 17.9 Å². The maximum Gasteiger partial charge on any atom is 0.330 e. The van der Waals surface area contributed by atoms with Crippen molar-refractivity contribution in [1.82, 2.24) is 9.55 Å². The summed E-state index contributed by atoms with van der Waals surface area (Å²) in [6, 6.07) is 0. The molecular weight excluding hydrogens is 240 g/mol. The third kappa shape index (κ3) is 2.46. The number of H-pyrrole nitrogens is 1.